The van der Waals surface area contributed by atoms with Gasteiger partial charge in [0.2, 0.25) is 0 Å². The van der Waals surface area contributed by atoms with Gasteiger partial charge in [-0.2, -0.15) is 0 Å². The summed E-state index contributed by atoms with van der Waals surface area (Å²) in [7, 11) is 0. The Kier molecular flexibility index (Phi) is 4.00. The Morgan fingerprint density at radius 3 is 2.76 bits per heavy atom. The summed E-state index contributed by atoms with van der Waals surface area (Å²) in [5, 5.41) is 4.96. The van der Waals surface area contributed by atoms with Crippen molar-refractivity contribution in [2.45, 2.75) is 24.9 Å². The van der Waals surface area contributed by atoms with Crippen LogP contribution in [0.4, 0.5) is 0 Å². The molecule has 21 heavy (non-hydrogen) atoms. The molecule has 4 rings (SSSR count). The summed E-state index contributed by atoms with van der Waals surface area (Å²) in [5.74, 6) is 0.701. The molecule has 0 amide bonds. The van der Waals surface area contributed by atoms with E-state index in [4.69, 9.17) is 0 Å². The summed E-state index contributed by atoms with van der Waals surface area (Å²) in [6.07, 6.45) is 3.25. The maximum Gasteiger partial charge on any atom is 0.0454 e. The quantitative estimate of drug-likeness (QED) is 0.741. The van der Waals surface area contributed by atoms with Crippen LogP contribution >= 0.6 is 12.4 Å². The fraction of sp³-hybridized carbons (Fsp3) is 0.222. The minimum Gasteiger partial charge on any atom is -0.361 e. The third kappa shape index (κ3) is 2.97. The molecule has 1 aliphatic carbocycles. The first-order chi connectivity index (χ1) is 9.90. The van der Waals surface area contributed by atoms with Crippen molar-refractivity contribution in [3.8, 4) is 0 Å². The van der Waals surface area contributed by atoms with Crippen molar-refractivity contribution < 1.29 is 0 Å². The van der Waals surface area contributed by atoms with Gasteiger partial charge < -0.3 is 10.3 Å². The molecule has 1 saturated carbocycles. The Bertz CT molecular complexity index is 720. The van der Waals surface area contributed by atoms with Crippen LogP contribution < -0.4 is 5.32 Å². The van der Waals surface area contributed by atoms with Crippen molar-refractivity contribution in [1.82, 2.24) is 10.3 Å². The second-order valence-electron chi connectivity index (χ2n) is 5.64. The summed E-state index contributed by atoms with van der Waals surface area (Å²) >= 11 is 0. The number of nitrogens with one attached hydrogen (secondary N) is 2. The zero-order valence-corrected chi connectivity index (χ0v) is 12.6. The minimum atomic E-state index is 0. The van der Waals surface area contributed by atoms with Crippen molar-refractivity contribution in [2.24, 2.45) is 0 Å². The number of aromatic amines is 1. The largest absolute Gasteiger partial charge is 0.361 e. The Labute approximate surface area is 131 Å². The fourth-order valence-electron chi connectivity index (χ4n) is 2.95. The first kappa shape index (κ1) is 14.2. The average Bonchev–Trinajstić information content (AvgIpc) is 3.13. The van der Waals surface area contributed by atoms with Gasteiger partial charge in [-0.1, -0.05) is 36.4 Å². The zero-order valence-electron chi connectivity index (χ0n) is 11.8. The smallest absolute Gasteiger partial charge is 0.0454 e. The van der Waals surface area contributed by atoms with Gasteiger partial charge in [-0.05, 0) is 41.1 Å². The van der Waals surface area contributed by atoms with E-state index >= 15 is 0 Å². The highest BCUT2D eigenvalue weighted by Gasteiger charge is 2.37. The maximum absolute atomic E-state index is 3.67. The molecule has 1 fully saturated rings. The second kappa shape index (κ2) is 5.92. The van der Waals surface area contributed by atoms with Gasteiger partial charge in [0.25, 0.3) is 0 Å². The lowest BCUT2D eigenvalue weighted by Gasteiger charge is -2.05. The van der Waals surface area contributed by atoms with E-state index < -0.39 is 0 Å². The molecule has 1 unspecified atom stereocenters. The Hall–Kier alpha value is -1.77. The molecule has 0 radical (unpaired) electrons. The summed E-state index contributed by atoms with van der Waals surface area (Å²) in [6, 6.07) is 20.2. The van der Waals surface area contributed by atoms with Gasteiger partial charge in [0.15, 0.2) is 0 Å². The molecule has 2 nitrogen and oxygen atoms in total. The monoisotopic (exact) mass is 298 g/mol. The molecular weight excluding hydrogens is 280 g/mol. The van der Waals surface area contributed by atoms with Crippen molar-refractivity contribution in [1.29, 1.82) is 0 Å². The number of rotatable bonds is 4. The van der Waals surface area contributed by atoms with E-state index in [1.807, 2.05) is 6.20 Å². The number of benzene rings is 2. The molecule has 0 aliphatic heterocycles. The number of H-pyrrole nitrogens is 1. The first-order valence-corrected chi connectivity index (χ1v) is 7.24. The predicted octanol–water partition coefficient (Wildman–Crippen LogP) is 4.24. The first-order valence-electron chi connectivity index (χ1n) is 7.24. The van der Waals surface area contributed by atoms with Gasteiger partial charge in [0, 0.05) is 30.2 Å². The summed E-state index contributed by atoms with van der Waals surface area (Å²) in [4.78, 5) is 3.23. The van der Waals surface area contributed by atoms with Crippen LogP contribution in [0.3, 0.4) is 0 Å². The summed E-state index contributed by atoms with van der Waals surface area (Å²) < 4.78 is 0. The van der Waals surface area contributed by atoms with E-state index in [9.17, 15) is 0 Å². The molecule has 0 saturated heterocycles. The highest BCUT2D eigenvalue weighted by atomic mass is 35.5. The molecule has 0 bridgehead atoms. The van der Waals surface area contributed by atoms with E-state index in [2.05, 4.69) is 64.9 Å². The van der Waals surface area contributed by atoms with Crippen molar-refractivity contribution in [3.05, 3.63) is 71.9 Å². The topological polar surface area (TPSA) is 27.8 Å². The van der Waals surface area contributed by atoms with Crippen LogP contribution in [0.15, 0.2) is 60.8 Å². The van der Waals surface area contributed by atoms with Gasteiger partial charge in [-0.15, -0.1) is 12.4 Å². The normalized spacial score (nSPS) is 20.2. The molecule has 2 N–H and O–H groups in total. The van der Waals surface area contributed by atoms with Crippen molar-refractivity contribution >= 4 is 23.3 Å². The number of hydrogen-bond donors (Lipinski definition) is 2. The molecule has 2 aromatic carbocycles. The molecule has 1 heterocycles. The second-order valence-corrected chi connectivity index (χ2v) is 5.64. The zero-order chi connectivity index (χ0) is 13.4. The van der Waals surface area contributed by atoms with Crippen LogP contribution in [0.2, 0.25) is 0 Å². The summed E-state index contributed by atoms with van der Waals surface area (Å²) in [6.45, 7) is 0.953. The molecule has 3 heteroatoms. The van der Waals surface area contributed by atoms with Crippen LogP contribution in [-0.4, -0.2) is 11.0 Å². The third-order valence-corrected chi connectivity index (χ3v) is 4.20. The number of hydrogen-bond acceptors (Lipinski definition) is 1. The van der Waals surface area contributed by atoms with Crippen LogP contribution in [0.1, 0.15) is 23.5 Å². The Morgan fingerprint density at radius 1 is 1.05 bits per heavy atom. The third-order valence-electron chi connectivity index (χ3n) is 4.20. The van der Waals surface area contributed by atoms with Crippen LogP contribution in [-0.2, 0) is 6.54 Å². The molecule has 1 aliphatic rings. The van der Waals surface area contributed by atoms with Crippen LogP contribution in [0.25, 0.3) is 10.9 Å². The Balaban J connectivity index is 0.00000132. The average molecular weight is 299 g/mol. The van der Waals surface area contributed by atoms with E-state index in [1.165, 1.54) is 28.5 Å². The van der Waals surface area contributed by atoms with Crippen LogP contribution in [0.5, 0.6) is 0 Å². The van der Waals surface area contributed by atoms with Gasteiger partial charge in [0.1, 0.15) is 0 Å². The molecule has 0 spiro atoms. The molecular formula is C18H19ClN2. The lowest BCUT2D eigenvalue weighted by molar-refractivity contribution is 0.673. The van der Waals surface area contributed by atoms with E-state index in [0.29, 0.717) is 12.0 Å². The highest BCUT2D eigenvalue weighted by Crippen LogP contribution is 2.40. The van der Waals surface area contributed by atoms with Gasteiger partial charge >= 0.3 is 0 Å². The summed E-state index contributed by atoms with van der Waals surface area (Å²) in [5.41, 5.74) is 4.03. The van der Waals surface area contributed by atoms with Crippen molar-refractivity contribution in [2.75, 3.05) is 0 Å². The molecule has 108 valence electrons. The highest BCUT2D eigenvalue weighted by molar-refractivity contribution is 5.85. The molecule has 1 aromatic heterocycles. The van der Waals surface area contributed by atoms with Crippen molar-refractivity contribution in [3.63, 3.8) is 0 Å². The lowest BCUT2D eigenvalue weighted by Crippen LogP contribution is -2.17. The molecule has 2 atom stereocenters. The number of halogens is 1. The fourth-order valence-corrected chi connectivity index (χ4v) is 2.95. The molecule has 3 aromatic rings. The van der Waals surface area contributed by atoms with Gasteiger partial charge in [0.05, 0.1) is 0 Å². The minimum absolute atomic E-state index is 0. The van der Waals surface area contributed by atoms with Crippen LogP contribution in [0, 0.1) is 0 Å². The number of aromatic nitrogens is 1. The Morgan fingerprint density at radius 2 is 1.90 bits per heavy atom. The number of fused-ring (bicyclic) bond motifs is 1. The lowest BCUT2D eigenvalue weighted by atomic mass is 10.1. The van der Waals surface area contributed by atoms with E-state index in [1.54, 1.807) is 0 Å². The van der Waals surface area contributed by atoms with E-state index in [0.717, 1.165) is 6.54 Å². The predicted molar refractivity (Wildman–Crippen MR) is 90.0 cm³/mol. The standard InChI is InChI=1S/C18H18N2.ClH/c1-2-4-14(5-3-1)16-11-18(16)20-12-13-6-7-17-15(10-13)8-9-19-17;/h1-10,16,18-20H,11-12H2;1H/t16?,18-;/m0./s1. The van der Waals surface area contributed by atoms with Gasteiger partial charge in [-0.3, -0.25) is 0 Å². The maximum atomic E-state index is 3.67. The SMILES string of the molecule is Cl.c1ccc(C2C[C@@H]2NCc2ccc3[nH]ccc3c2)cc1. The van der Waals surface area contributed by atoms with Gasteiger partial charge in [-0.25, -0.2) is 0 Å². The van der Waals surface area contributed by atoms with E-state index in [-0.39, 0.29) is 12.4 Å².